The van der Waals surface area contributed by atoms with Crippen molar-refractivity contribution in [2.24, 2.45) is 5.41 Å². The molecule has 0 radical (unpaired) electrons. The molecule has 2 N–H and O–H groups in total. The van der Waals surface area contributed by atoms with Gasteiger partial charge in [0.05, 0.1) is 0 Å². The van der Waals surface area contributed by atoms with E-state index in [1.54, 1.807) is 0 Å². The lowest BCUT2D eigenvalue weighted by atomic mass is 9.90. The van der Waals surface area contributed by atoms with E-state index in [4.69, 9.17) is 5.11 Å². The first-order valence-corrected chi connectivity index (χ1v) is 5.64. The summed E-state index contributed by atoms with van der Waals surface area (Å²) in [6.45, 7) is 4.33. The number of hydrogen-bond acceptors (Lipinski definition) is 3. The molecule has 0 saturated carbocycles. The predicted octanol–water partition coefficient (Wildman–Crippen LogP) is 2.92. The third-order valence-electron chi connectivity index (χ3n) is 2.58. The molecule has 0 aliphatic heterocycles. The summed E-state index contributed by atoms with van der Waals surface area (Å²) in [4.78, 5) is 3.51. The molecule has 0 aliphatic carbocycles. The summed E-state index contributed by atoms with van der Waals surface area (Å²) in [7, 11) is 0. The molecule has 0 aromatic carbocycles. The third-order valence-corrected chi connectivity index (χ3v) is 2.58. The summed E-state index contributed by atoms with van der Waals surface area (Å²) >= 11 is 0. The maximum Gasteiger partial charge on any atom is 0.433 e. The van der Waals surface area contributed by atoms with Gasteiger partial charge in [0.2, 0.25) is 0 Å². The van der Waals surface area contributed by atoms with Crippen molar-refractivity contribution < 1.29 is 18.3 Å². The summed E-state index contributed by atoms with van der Waals surface area (Å²) in [6, 6.07) is 3.74. The highest BCUT2D eigenvalue weighted by molar-refractivity contribution is 5.36. The number of aliphatic hydroxyl groups excluding tert-OH is 1. The molecule has 1 aromatic heterocycles. The van der Waals surface area contributed by atoms with Crippen LogP contribution in [-0.4, -0.2) is 23.2 Å². The van der Waals surface area contributed by atoms with Crippen LogP contribution >= 0.6 is 0 Å². The number of alkyl halides is 3. The summed E-state index contributed by atoms with van der Waals surface area (Å²) < 4.78 is 37.3. The molecule has 6 heteroatoms. The van der Waals surface area contributed by atoms with Crippen LogP contribution in [0.5, 0.6) is 0 Å². The molecule has 0 amide bonds. The van der Waals surface area contributed by atoms with Crippen LogP contribution in [0, 0.1) is 5.41 Å². The zero-order chi connectivity index (χ0) is 13.8. The molecule has 1 rings (SSSR count). The molecule has 0 unspecified atom stereocenters. The maximum atomic E-state index is 12.4. The Hall–Kier alpha value is -1.30. The Kier molecular flexibility index (Phi) is 4.56. The highest BCUT2D eigenvalue weighted by Crippen LogP contribution is 2.28. The molecular weight excluding hydrogens is 245 g/mol. The first kappa shape index (κ1) is 14.8. The highest BCUT2D eigenvalue weighted by atomic mass is 19.4. The molecule has 1 aromatic rings. The van der Waals surface area contributed by atoms with Crippen molar-refractivity contribution in [1.82, 2.24) is 4.98 Å². The Bertz CT molecular complexity index is 391. The van der Waals surface area contributed by atoms with Gasteiger partial charge in [-0.15, -0.1) is 0 Å². The Morgan fingerprint density at radius 2 is 1.94 bits per heavy atom. The quantitative estimate of drug-likeness (QED) is 0.857. The van der Waals surface area contributed by atoms with Crippen LogP contribution in [0.4, 0.5) is 19.0 Å². The van der Waals surface area contributed by atoms with E-state index < -0.39 is 11.9 Å². The molecule has 0 aliphatic rings. The fourth-order valence-corrected chi connectivity index (χ4v) is 1.41. The number of aliphatic hydroxyl groups is 1. The second-order valence-electron chi connectivity index (χ2n) is 4.90. The van der Waals surface area contributed by atoms with Gasteiger partial charge in [-0.2, -0.15) is 13.2 Å². The first-order valence-electron chi connectivity index (χ1n) is 5.64. The average Bonchev–Trinajstić information content (AvgIpc) is 2.26. The van der Waals surface area contributed by atoms with E-state index in [0.717, 1.165) is 6.07 Å². The minimum atomic E-state index is -4.43. The van der Waals surface area contributed by atoms with Gasteiger partial charge >= 0.3 is 6.18 Å². The van der Waals surface area contributed by atoms with Gasteiger partial charge in [-0.3, -0.25) is 0 Å². The Morgan fingerprint density at radius 3 is 2.50 bits per heavy atom. The standard InChI is InChI=1S/C12H17F3N2O/c1-11(2,6-7-18)8-16-10-5-3-4-9(17-10)12(13,14)15/h3-5,18H,6-8H2,1-2H3,(H,16,17). The molecule has 0 atom stereocenters. The lowest BCUT2D eigenvalue weighted by Gasteiger charge is -2.24. The fraction of sp³-hybridized carbons (Fsp3) is 0.583. The van der Waals surface area contributed by atoms with Crippen LogP contribution in [0.3, 0.4) is 0 Å². The molecule has 0 bridgehead atoms. The number of pyridine rings is 1. The summed E-state index contributed by atoms with van der Waals surface area (Å²) in [6.07, 6.45) is -3.86. The van der Waals surface area contributed by atoms with E-state index in [0.29, 0.717) is 13.0 Å². The molecule has 0 spiro atoms. The number of anilines is 1. The van der Waals surface area contributed by atoms with Gasteiger partial charge in [0.15, 0.2) is 0 Å². The first-order chi connectivity index (χ1) is 8.24. The van der Waals surface area contributed by atoms with E-state index in [2.05, 4.69) is 10.3 Å². The maximum absolute atomic E-state index is 12.4. The minimum Gasteiger partial charge on any atom is -0.396 e. The summed E-state index contributed by atoms with van der Waals surface area (Å²) in [5, 5.41) is 11.7. The van der Waals surface area contributed by atoms with Crippen LogP contribution in [0.1, 0.15) is 26.0 Å². The monoisotopic (exact) mass is 262 g/mol. The number of nitrogens with zero attached hydrogens (tertiary/aromatic N) is 1. The van der Waals surface area contributed by atoms with E-state index in [9.17, 15) is 13.2 Å². The van der Waals surface area contributed by atoms with Gasteiger partial charge in [-0.25, -0.2) is 4.98 Å². The molecule has 0 saturated heterocycles. The summed E-state index contributed by atoms with van der Waals surface area (Å²) in [5.41, 5.74) is -1.11. The number of nitrogens with one attached hydrogen (secondary N) is 1. The van der Waals surface area contributed by atoms with Crippen LogP contribution in [-0.2, 0) is 6.18 Å². The van der Waals surface area contributed by atoms with Crippen molar-refractivity contribution in [3.8, 4) is 0 Å². The minimum absolute atomic E-state index is 0.0463. The smallest absolute Gasteiger partial charge is 0.396 e. The van der Waals surface area contributed by atoms with Crippen LogP contribution in [0.15, 0.2) is 18.2 Å². The Balaban J connectivity index is 2.69. The van der Waals surface area contributed by atoms with Gasteiger partial charge in [-0.1, -0.05) is 19.9 Å². The van der Waals surface area contributed by atoms with Crippen molar-refractivity contribution in [3.05, 3.63) is 23.9 Å². The molecule has 18 heavy (non-hydrogen) atoms. The van der Waals surface area contributed by atoms with Gasteiger partial charge in [-0.05, 0) is 24.0 Å². The van der Waals surface area contributed by atoms with Crippen molar-refractivity contribution in [3.63, 3.8) is 0 Å². The van der Waals surface area contributed by atoms with Crippen LogP contribution < -0.4 is 5.32 Å². The highest BCUT2D eigenvalue weighted by Gasteiger charge is 2.32. The zero-order valence-corrected chi connectivity index (χ0v) is 10.4. The van der Waals surface area contributed by atoms with Crippen molar-refractivity contribution in [1.29, 1.82) is 0 Å². The SMILES string of the molecule is CC(C)(CCO)CNc1cccc(C(F)(F)F)n1. The number of aromatic nitrogens is 1. The lowest BCUT2D eigenvalue weighted by Crippen LogP contribution is -2.25. The normalized spacial score (nSPS) is 12.6. The van der Waals surface area contributed by atoms with Gasteiger partial charge < -0.3 is 10.4 Å². The van der Waals surface area contributed by atoms with E-state index in [-0.39, 0.29) is 17.8 Å². The molecule has 0 fully saturated rings. The van der Waals surface area contributed by atoms with E-state index in [1.807, 2.05) is 13.8 Å². The topological polar surface area (TPSA) is 45.1 Å². The number of rotatable bonds is 5. The summed E-state index contributed by atoms with van der Waals surface area (Å²) in [5.74, 6) is 0.191. The van der Waals surface area contributed by atoms with E-state index in [1.165, 1.54) is 12.1 Å². The Labute approximate surface area is 104 Å². The molecular formula is C12H17F3N2O. The second-order valence-corrected chi connectivity index (χ2v) is 4.90. The number of hydrogen-bond donors (Lipinski definition) is 2. The van der Waals surface area contributed by atoms with Crippen LogP contribution in [0.25, 0.3) is 0 Å². The van der Waals surface area contributed by atoms with Crippen molar-refractivity contribution in [2.45, 2.75) is 26.4 Å². The van der Waals surface area contributed by atoms with Crippen molar-refractivity contribution >= 4 is 5.82 Å². The van der Waals surface area contributed by atoms with Gasteiger partial charge in [0.1, 0.15) is 11.5 Å². The molecule has 1 heterocycles. The van der Waals surface area contributed by atoms with E-state index >= 15 is 0 Å². The molecule has 3 nitrogen and oxygen atoms in total. The lowest BCUT2D eigenvalue weighted by molar-refractivity contribution is -0.141. The Morgan fingerprint density at radius 1 is 1.28 bits per heavy atom. The predicted molar refractivity (Wildman–Crippen MR) is 63.2 cm³/mol. The zero-order valence-electron chi connectivity index (χ0n) is 10.4. The average molecular weight is 262 g/mol. The number of halogens is 3. The molecule has 102 valence electrons. The van der Waals surface area contributed by atoms with Gasteiger partial charge in [0, 0.05) is 13.2 Å². The van der Waals surface area contributed by atoms with Crippen LogP contribution in [0.2, 0.25) is 0 Å². The van der Waals surface area contributed by atoms with Gasteiger partial charge in [0.25, 0.3) is 0 Å². The fourth-order valence-electron chi connectivity index (χ4n) is 1.41. The second kappa shape index (κ2) is 5.56. The largest absolute Gasteiger partial charge is 0.433 e. The third kappa shape index (κ3) is 4.52. The van der Waals surface area contributed by atoms with Crippen molar-refractivity contribution in [2.75, 3.05) is 18.5 Å².